The van der Waals surface area contributed by atoms with Crippen LogP contribution in [0.5, 0.6) is 5.75 Å². The molecule has 1 atom stereocenters. The van der Waals surface area contributed by atoms with Crippen LogP contribution in [-0.4, -0.2) is 43.1 Å². The van der Waals surface area contributed by atoms with Gasteiger partial charge in [-0.1, -0.05) is 12.1 Å². The van der Waals surface area contributed by atoms with Crippen LogP contribution in [0.25, 0.3) is 0 Å². The van der Waals surface area contributed by atoms with E-state index in [1.54, 1.807) is 30.1 Å². The van der Waals surface area contributed by atoms with Crippen LogP contribution < -0.4 is 10.1 Å². The fraction of sp³-hybridized carbons (Fsp3) is 0.533. The summed E-state index contributed by atoms with van der Waals surface area (Å²) < 4.78 is 18.7. The van der Waals surface area contributed by atoms with Crippen molar-refractivity contribution in [3.63, 3.8) is 0 Å². The summed E-state index contributed by atoms with van der Waals surface area (Å²) in [5.41, 5.74) is -0.466. The third kappa shape index (κ3) is 3.28. The molecule has 1 aromatic carbocycles. The van der Waals surface area contributed by atoms with Crippen LogP contribution in [0, 0.1) is 5.82 Å². The molecule has 110 valence electrons. The van der Waals surface area contributed by atoms with Crippen molar-refractivity contribution in [2.24, 2.45) is 0 Å². The number of hydrogen-bond acceptors (Lipinski definition) is 3. The van der Waals surface area contributed by atoms with Gasteiger partial charge >= 0.3 is 0 Å². The van der Waals surface area contributed by atoms with Crippen molar-refractivity contribution in [2.75, 3.05) is 26.7 Å². The Morgan fingerprint density at radius 3 is 2.90 bits per heavy atom. The van der Waals surface area contributed by atoms with Gasteiger partial charge in [0, 0.05) is 7.05 Å². The number of hydrogen-bond donors (Lipinski definition) is 1. The first-order chi connectivity index (χ1) is 9.53. The molecule has 0 spiro atoms. The predicted molar refractivity (Wildman–Crippen MR) is 75.2 cm³/mol. The van der Waals surface area contributed by atoms with Crippen molar-refractivity contribution in [1.29, 1.82) is 0 Å². The largest absolute Gasteiger partial charge is 0.489 e. The van der Waals surface area contributed by atoms with Crippen molar-refractivity contribution in [3.8, 4) is 5.75 Å². The second-order valence-corrected chi connectivity index (χ2v) is 5.37. The summed E-state index contributed by atoms with van der Waals surface area (Å²) in [6, 6.07) is 6.27. The van der Waals surface area contributed by atoms with E-state index in [0.717, 1.165) is 19.4 Å². The van der Waals surface area contributed by atoms with Crippen molar-refractivity contribution in [3.05, 3.63) is 30.1 Å². The Labute approximate surface area is 118 Å². The highest BCUT2D eigenvalue weighted by atomic mass is 19.1. The lowest BCUT2D eigenvalue weighted by Crippen LogP contribution is -2.52. The monoisotopic (exact) mass is 280 g/mol. The van der Waals surface area contributed by atoms with Crippen LogP contribution in [0.15, 0.2) is 24.3 Å². The number of benzene rings is 1. The molecule has 1 saturated heterocycles. The average molecular weight is 280 g/mol. The molecule has 1 fully saturated rings. The summed E-state index contributed by atoms with van der Waals surface area (Å²) in [5, 5.41) is 3.24. The topological polar surface area (TPSA) is 41.6 Å². The third-order valence-electron chi connectivity index (χ3n) is 3.71. The van der Waals surface area contributed by atoms with E-state index in [9.17, 15) is 9.18 Å². The minimum atomic E-state index is -0.466. The van der Waals surface area contributed by atoms with Gasteiger partial charge in [-0.3, -0.25) is 4.79 Å². The molecule has 0 saturated carbocycles. The maximum Gasteiger partial charge on any atom is 0.242 e. The van der Waals surface area contributed by atoms with Gasteiger partial charge in [0.25, 0.3) is 0 Å². The van der Waals surface area contributed by atoms with Gasteiger partial charge in [0.05, 0.1) is 12.1 Å². The minimum absolute atomic E-state index is 0.0622. The smallest absolute Gasteiger partial charge is 0.242 e. The number of nitrogens with zero attached hydrogens (tertiary/aromatic N) is 1. The maximum atomic E-state index is 13.4. The Morgan fingerprint density at radius 2 is 2.25 bits per heavy atom. The Hall–Kier alpha value is -1.62. The van der Waals surface area contributed by atoms with Crippen LogP contribution in [0.3, 0.4) is 0 Å². The molecule has 4 nitrogen and oxygen atoms in total. The Bertz CT molecular complexity index is 473. The van der Waals surface area contributed by atoms with Crippen LogP contribution >= 0.6 is 0 Å². The van der Waals surface area contributed by atoms with Crippen molar-refractivity contribution in [1.82, 2.24) is 10.2 Å². The first-order valence-electron chi connectivity index (χ1n) is 6.91. The van der Waals surface area contributed by atoms with E-state index in [1.165, 1.54) is 6.07 Å². The number of amides is 1. The average Bonchev–Trinajstić information content (AvgIpc) is 2.88. The van der Waals surface area contributed by atoms with Crippen LogP contribution in [0.1, 0.15) is 19.8 Å². The second-order valence-electron chi connectivity index (χ2n) is 5.37. The first kappa shape index (κ1) is 14.8. The van der Waals surface area contributed by atoms with E-state index in [1.807, 2.05) is 6.92 Å². The van der Waals surface area contributed by atoms with Crippen molar-refractivity contribution in [2.45, 2.75) is 25.3 Å². The molecular formula is C15H21FN2O2. The van der Waals surface area contributed by atoms with E-state index >= 15 is 0 Å². The molecule has 1 N–H and O–H groups in total. The molecule has 2 rings (SSSR count). The molecule has 1 aliphatic heterocycles. The van der Waals surface area contributed by atoms with Gasteiger partial charge in [-0.25, -0.2) is 4.39 Å². The fourth-order valence-electron chi connectivity index (χ4n) is 2.45. The van der Waals surface area contributed by atoms with E-state index in [0.29, 0.717) is 6.54 Å². The van der Waals surface area contributed by atoms with E-state index < -0.39 is 5.54 Å². The summed E-state index contributed by atoms with van der Waals surface area (Å²) in [4.78, 5) is 13.9. The Kier molecular flexibility index (Phi) is 4.60. The summed E-state index contributed by atoms with van der Waals surface area (Å²) in [6.45, 7) is 3.52. The second kappa shape index (κ2) is 6.22. The zero-order chi connectivity index (χ0) is 14.6. The SMILES string of the molecule is CN(CCOc1ccccc1F)C(=O)C1(C)CCCN1. The van der Waals surface area contributed by atoms with Gasteiger partial charge in [-0.2, -0.15) is 0 Å². The number of rotatable bonds is 5. The van der Waals surface area contributed by atoms with Gasteiger partial charge in [-0.05, 0) is 38.4 Å². The molecule has 1 unspecified atom stereocenters. The number of likely N-dealkylation sites (N-methyl/N-ethyl adjacent to an activating group) is 1. The lowest BCUT2D eigenvalue weighted by Gasteiger charge is -2.29. The van der Waals surface area contributed by atoms with E-state index in [4.69, 9.17) is 4.74 Å². The van der Waals surface area contributed by atoms with Crippen molar-refractivity contribution >= 4 is 5.91 Å². The number of halogens is 1. The summed E-state index contributed by atoms with van der Waals surface area (Å²) in [6.07, 6.45) is 1.87. The maximum absolute atomic E-state index is 13.4. The molecule has 5 heteroatoms. The molecule has 1 amide bonds. The molecule has 1 heterocycles. The zero-order valence-corrected chi connectivity index (χ0v) is 12.0. The lowest BCUT2D eigenvalue weighted by molar-refractivity contribution is -0.136. The molecule has 1 aliphatic rings. The third-order valence-corrected chi connectivity index (χ3v) is 3.71. The number of ether oxygens (including phenoxy) is 1. The fourth-order valence-corrected chi connectivity index (χ4v) is 2.45. The Balaban J connectivity index is 1.82. The van der Waals surface area contributed by atoms with Gasteiger partial charge in [-0.15, -0.1) is 0 Å². The van der Waals surface area contributed by atoms with Gasteiger partial charge in [0.2, 0.25) is 5.91 Å². The summed E-state index contributed by atoms with van der Waals surface area (Å²) >= 11 is 0. The predicted octanol–water partition coefficient (Wildman–Crippen LogP) is 1.80. The van der Waals surface area contributed by atoms with E-state index in [-0.39, 0.29) is 24.1 Å². The zero-order valence-electron chi connectivity index (χ0n) is 12.0. The number of carbonyl (C=O) groups excluding carboxylic acids is 1. The molecule has 0 radical (unpaired) electrons. The van der Waals surface area contributed by atoms with Crippen LogP contribution in [-0.2, 0) is 4.79 Å². The number of carbonyl (C=O) groups is 1. The minimum Gasteiger partial charge on any atom is -0.489 e. The molecule has 20 heavy (non-hydrogen) atoms. The Morgan fingerprint density at radius 1 is 1.50 bits per heavy atom. The number of nitrogens with one attached hydrogen (secondary N) is 1. The van der Waals surface area contributed by atoms with Crippen LogP contribution in [0.2, 0.25) is 0 Å². The lowest BCUT2D eigenvalue weighted by atomic mass is 9.99. The quantitative estimate of drug-likeness (QED) is 0.894. The van der Waals surface area contributed by atoms with Crippen LogP contribution in [0.4, 0.5) is 4.39 Å². The van der Waals surface area contributed by atoms with E-state index in [2.05, 4.69) is 5.32 Å². The molecule has 0 aliphatic carbocycles. The van der Waals surface area contributed by atoms with Gasteiger partial charge < -0.3 is 15.0 Å². The molecule has 1 aromatic rings. The first-order valence-corrected chi connectivity index (χ1v) is 6.91. The normalized spacial score (nSPS) is 21.8. The van der Waals surface area contributed by atoms with Gasteiger partial charge in [0.15, 0.2) is 11.6 Å². The van der Waals surface area contributed by atoms with Gasteiger partial charge in [0.1, 0.15) is 6.61 Å². The summed E-state index contributed by atoms with van der Waals surface area (Å²) in [7, 11) is 1.75. The highest BCUT2D eigenvalue weighted by Crippen LogP contribution is 2.21. The molecular weight excluding hydrogens is 259 g/mol. The van der Waals surface area contributed by atoms with Crippen molar-refractivity contribution < 1.29 is 13.9 Å². The summed E-state index contributed by atoms with van der Waals surface area (Å²) in [5.74, 6) is -0.100. The molecule has 0 aromatic heterocycles. The highest BCUT2D eigenvalue weighted by molar-refractivity contribution is 5.86. The highest BCUT2D eigenvalue weighted by Gasteiger charge is 2.37. The number of para-hydroxylation sites is 1. The standard InChI is InChI=1S/C15H21FN2O2/c1-15(8-5-9-17-15)14(19)18(2)10-11-20-13-7-4-3-6-12(13)16/h3-4,6-7,17H,5,8-11H2,1-2H3. The molecule has 0 bridgehead atoms.